The molecular formula is C18H24N4O2. The molecule has 2 heterocycles. The molecule has 128 valence electrons. The van der Waals surface area contributed by atoms with Crippen LogP contribution in [0, 0.1) is 0 Å². The van der Waals surface area contributed by atoms with Crippen LogP contribution in [0.2, 0.25) is 0 Å². The van der Waals surface area contributed by atoms with Crippen LogP contribution in [-0.2, 0) is 16.8 Å². The Hall–Kier alpha value is -2.37. The second kappa shape index (κ2) is 5.92. The summed E-state index contributed by atoms with van der Waals surface area (Å²) in [5, 5.41) is 4.12. The summed E-state index contributed by atoms with van der Waals surface area (Å²) in [6.45, 7) is 8.77. The predicted octanol–water partition coefficient (Wildman–Crippen LogP) is 2.73. The standard InChI is InChI=1S/C18H24N4O2/c1-11-9-13(16(19)23)12-7-5-6-8-14(12)22(11)10-15-20-17(24-21-15)18(2,3)4/h5-8,11,13H,9-10H2,1-4H3,(H2,19,23)/t11-,13+/m0/s1. The second-order valence-corrected chi connectivity index (χ2v) is 7.49. The van der Waals surface area contributed by atoms with Crippen molar-refractivity contribution in [1.29, 1.82) is 0 Å². The fourth-order valence-electron chi connectivity index (χ4n) is 3.16. The largest absolute Gasteiger partial charge is 0.369 e. The van der Waals surface area contributed by atoms with E-state index < -0.39 is 0 Å². The molecule has 0 spiro atoms. The number of fused-ring (bicyclic) bond motifs is 1. The van der Waals surface area contributed by atoms with Crippen LogP contribution in [0.5, 0.6) is 0 Å². The zero-order chi connectivity index (χ0) is 17.5. The summed E-state index contributed by atoms with van der Waals surface area (Å²) in [6, 6.07) is 8.06. The minimum absolute atomic E-state index is 0.161. The number of hydrogen-bond donors (Lipinski definition) is 1. The number of anilines is 1. The highest BCUT2D eigenvalue weighted by Crippen LogP contribution is 2.38. The molecular weight excluding hydrogens is 304 g/mol. The molecule has 0 fully saturated rings. The lowest BCUT2D eigenvalue weighted by Crippen LogP contribution is -2.41. The molecule has 1 aromatic heterocycles. The van der Waals surface area contributed by atoms with E-state index in [4.69, 9.17) is 10.3 Å². The average Bonchev–Trinajstić information content (AvgIpc) is 2.98. The fraction of sp³-hybridized carbons (Fsp3) is 0.500. The summed E-state index contributed by atoms with van der Waals surface area (Å²) < 4.78 is 5.39. The van der Waals surface area contributed by atoms with Crippen molar-refractivity contribution >= 4 is 11.6 Å². The van der Waals surface area contributed by atoms with Crippen molar-refractivity contribution in [3.63, 3.8) is 0 Å². The highest BCUT2D eigenvalue weighted by molar-refractivity contribution is 5.85. The molecule has 1 aliphatic rings. The fourth-order valence-corrected chi connectivity index (χ4v) is 3.16. The molecule has 0 unspecified atom stereocenters. The Morgan fingerprint density at radius 3 is 2.71 bits per heavy atom. The zero-order valence-corrected chi connectivity index (χ0v) is 14.6. The maximum Gasteiger partial charge on any atom is 0.232 e. The molecule has 3 rings (SSSR count). The van der Waals surface area contributed by atoms with Gasteiger partial charge in [0.25, 0.3) is 0 Å². The van der Waals surface area contributed by atoms with Gasteiger partial charge in [-0.2, -0.15) is 4.98 Å². The smallest absolute Gasteiger partial charge is 0.232 e. The molecule has 1 amide bonds. The van der Waals surface area contributed by atoms with Crippen LogP contribution in [-0.4, -0.2) is 22.1 Å². The summed E-state index contributed by atoms with van der Waals surface area (Å²) in [5.74, 6) is 0.760. The molecule has 2 N–H and O–H groups in total. The van der Waals surface area contributed by atoms with E-state index in [0.29, 0.717) is 24.7 Å². The highest BCUT2D eigenvalue weighted by atomic mass is 16.5. The molecule has 0 saturated heterocycles. The van der Waals surface area contributed by atoms with Crippen LogP contribution < -0.4 is 10.6 Å². The van der Waals surface area contributed by atoms with Crippen molar-refractivity contribution in [2.75, 3.05) is 4.90 Å². The molecule has 6 nitrogen and oxygen atoms in total. The molecule has 0 bridgehead atoms. The van der Waals surface area contributed by atoms with Crippen molar-refractivity contribution in [3.05, 3.63) is 41.5 Å². The molecule has 24 heavy (non-hydrogen) atoms. The number of benzene rings is 1. The first-order valence-electron chi connectivity index (χ1n) is 8.25. The minimum Gasteiger partial charge on any atom is -0.369 e. The molecule has 0 saturated carbocycles. The minimum atomic E-state index is -0.275. The van der Waals surface area contributed by atoms with E-state index >= 15 is 0 Å². The summed E-state index contributed by atoms with van der Waals surface area (Å²) in [5.41, 5.74) is 7.41. The van der Waals surface area contributed by atoms with E-state index in [0.717, 1.165) is 11.3 Å². The van der Waals surface area contributed by atoms with Gasteiger partial charge in [0, 0.05) is 17.1 Å². The van der Waals surface area contributed by atoms with Crippen LogP contribution in [0.25, 0.3) is 0 Å². The van der Waals surface area contributed by atoms with Gasteiger partial charge in [-0.1, -0.05) is 44.1 Å². The van der Waals surface area contributed by atoms with Crippen LogP contribution >= 0.6 is 0 Å². The van der Waals surface area contributed by atoms with E-state index in [1.807, 2.05) is 45.0 Å². The zero-order valence-electron chi connectivity index (χ0n) is 14.6. The van der Waals surface area contributed by atoms with Gasteiger partial charge in [0.05, 0.1) is 12.5 Å². The van der Waals surface area contributed by atoms with Gasteiger partial charge < -0.3 is 15.2 Å². The first-order valence-corrected chi connectivity index (χ1v) is 8.25. The topological polar surface area (TPSA) is 85.3 Å². The quantitative estimate of drug-likeness (QED) is 0.936. The number of aromatic nitrogens is 2. The van der Waals surface area contributed by atoms with E-state index in [-0.39, 0.29) is 23.3 Å². The van der Waals surface area contributed by atoms with Gasteiger partial charge in [-0.3, -0.25) is 4.79 Å². The Morgan fingerprint density at radius 2 is 2.08 bits per heavy atom. The lowest BCUT2D eigenvalue weighted by Gasteiger charge is -2.39. The van der Waals surface area contributed by atoms with Gasteiger partial charge in [0.15, 0.2) is 5.82 Å². The Kier molecular flexibility index (Phi) is 4.07. The van der Waals surface area contributed by atoms with Crippen LogP contribution in [0.3, 0.4) is 0 Å². The van der Waals surface area contributed by atoms with Gasteiger partial charge in [0.2, 0.25) is 11.8 Å². The molecule has 6 heteroatoms. The van der Waals surface area contributed by atoms with E-state index in [1.165, 1.54) is 0 Å². The average molecular weight is 328 g/mol. The first kappa shape index (κ1) is 16.5. The van der Waals surface area contributed by atoms with Crippen molar-refractivity contribution < 1.29 is 9.32 Å². The maximum absolute atomic E-state index is 11.8. The number of hydrogen-bond acceptors (Lipinski definition) is 5. The molecule has 0 radical (unpaired) electrons. The molecule has 1 aromatic carbocycles. The lowest BCUT2D eigenvalue weighted by molar-refractivity contribution is -0.119. The van der Waals surface area contributed by atoms with Crippen molar-refractivity contribution in [2.24, 2.45) is 5.73 Å². The molecule has 0 aliphatic carbocycles. The van der Waals surface area contributed by atoms with Gasteiger partial charge >= 0.3 is 0 Å². The van der Waals surface area contributed by atoms with Crippen molar-refractivity contribution in [2.45, 2.75) is 58.0 Å². The van der Waals surface area contributed by atoms with E-state index in [9.17, 15) is 4.79 Å². The summed E-state index contributed by atoms with van der Waals surface area (Å²) in [4.78, 5) is 18.5. The first-order chi connectivity index (χ1) is 11.3. The Morgan fingerprint density at radius 1 is 1.38 bits per heavy atom. The lowest BCUT2D eigenvalue weighted by atomic mass is 9.85. The Labute approximate surface area is 142 Å². The third-order valence-electron chi connectivity index (χ3n) is 4.50. The van der Waals surface area contributed by atoms with Gasteiger partial charge in [0.1, 0.15) is 0 Å². The third kappa shape index (κ3) is 3.00. The monoisotopic (exact) mass is 328 g/mol. The van der Waals surface area contributed by atoms with Crippen LogP contribution in [0.15, 0.2) is 28.8 Å². The van der Waals surface area contributed by atoms with Crippen LogP contribution in [0.4, 0.5) is 5.69 Å². The Balaban J connectivity index is 1.92. The highest BCUT2D eigenvalue weighted by Gasteiger charge is 2.33. The Bertz CT molecular complexity index is 747. The number of amides is 1. The number of nitrogens with zero attached hydrogens (tertiary/aromatic N) is 3. The normalized spacial score (nSPS) is 20.8. The summed E-state index contributed by atoms with van der Waals surface area (Å²) in [7, 11) is 0. The molecule has 1 aliphatic heterocycles. The summed E-state index contributed by atoms with van der Waals surface area (Å²) in [6.07, 6.45) is 0.691. The number of primary amides is 1. The van der Waals surface area contributed by atoms with Crippen LogP contribution in [0.1, 0.15) is 57.3 Å². The number of nitrogens with two attached hydrogens (primary N) is 1. The molecule has 2 atom stereocenters. The van der Waals surface area contributed by atoms with E-state index in [1.54, 1.807) is 0 Å². The van der Waals surface area contributed by atoms with Gasteiger partial charge in [-0.25, -0.2) is 0 Å². The van der Waals surface area contributed by atoms with Crippen molar-refractivity contribution in [1.82, 2.24) is 10.1 Å². The second-order valence-electron chi connectivity index (χ2n) is 7.49. The number of carbonyl (C=O) groups excluding carboxylic acids is 1. The van der Waals surface area contributed by atoms with Gasteiger partial charge in [-0.05, 0) is 25.0 Å². The predicted molar refractivity (Wildman–Crippen MR) is 91.6 cm³/mol. The summed E-state index contributed by atoms with van der Waals surface area (Å²) >= 11 is 0. The number of para-hydroxylation sites is 1. The van der Waals surface area contributed by atoms with Gasteiger partial charge in [-0.15, -0.1) is 0 Å². The number of rotatable bonds is 3. The third-order valence-corrected chi connectivity index (χ3v) is 4.50. The van der Waals surface area contributed by atoms with Crippen molar-refractivity contribution in [3.8, 4) is 0 Å². The molecule has 2 aromatic rings. The number of carbonyl (C=O) groups is 1. The maximum atomic E-state index is 11.8. The SMILES string of the molecule is C[C@H]1C[C@@H](C(N)=O)c2ccccc2N1Cc1noc(C(C)(C)C)n1. The van der Waals surface area contributed by atoms with E-state index in [2.05, 4.69) is 22.0 Å².